The van der Waals surface area contributed by atoms with Crippen molar-refractivity contribution in [1.29, 1.82) is 0 Å². The minimum absolute atomic E-state index is 0.242. The van der Waals surface area contributed by atoms with Crippen LogP contribution in [-0.4, -0.2) is 29.2 Å². The molecule has 0 aromatic heterocycles. The molecule has 1 aliphatic rings. The number of thioether (sulfide) groups is 1. The van der Waals surface area contributed by atoms with Crippen LogP contribution in [0.5, 0.6) is 11.5 Å². The second-order valence-electron chi connectivity index (χ2n) is 8.77. The lowest BCUT2D eigenvalue weighted by Gasteiger charge is -2.17. The highest BCUT2D eigenvalue weighted by atomic mass is 35.5. The molecule has 1 heterocycles. The van der Waals surface area contributed by atoms with Crippen LogP contribution in [-0.2, 0) is 24.2 Å². The first-order valence-corrected chi connectivity index (χ1v) is 13.7. The summed E-state index contributed by atoms with van der Waals surface area (Å²) in [5.41, 5.74) is 3.81. The van der Waals surface area contributed by atoms with Crippen molar-refractivity contribution < 1.29 is 19.1 Å². The molecule has 0 radical (unpaired) electrons. The van der Waals surface area contributed by atoms with Crippen molar-refractivity contribution in [3.05, 3.63) is 112 Å². The first kappa shape index (κ1) is 27.6. The van der Waals surface area contributed by atoms with Crippen LogP contribution in [0.4, 0.5) is 4.79 Å². The number of rotatable bonds is 12. The van der Waals surface area contributed by atoms with Gasteiger partial charge in [0.25, 0.3) is 11.1 Å². The van der Waals surface area contributed by atoms with Crippen molar-refractivity contribution in [2.45, 2.75) is 32.8 Å². The van der Waals surface area contributed by atoms with Crippen molar-refractivity contribution in [2.24, 2.45) is 0 Å². The molecule has 0 aliphatic carbocycles. The van der Waals surface area contributed by atoms with Crippen LogP contribution in [0.15, 0.2) is 84.3 Å². The fourth-order valence-corrected chi connectivity index (χ4v) is 5.16. The van der Waals surface area contributed by atoms with Crippen LogP contribution >= 0.6 is 23.4 Å². The molecule has 0 bridgehead atoms. The smallest absolute Gasteiger partial charge is 0.293 e. The number of allylic oxidation sites excluding steroid dienone is 1. The lowest BCUT2D eigenvalue weighted by molar-refractivity contribution is -0.122. The lowest BCUT2D eigenvalue weighted by Crippen LogP contribution is -2.29. The molecule has 38 heavy (non-hydrogen) atoms. The van der Waals surface area contributed by atoms with Gasteiger partial charge in [0.15, 0.2) is 11.5 Å². The monoisotopic (exact) mass is 547 g/mol. The molecule has 1 fully saturated rings. The maximum Gasteiger partial charge on any atom is 0.293 e. The van der Waals surface area contributed by atoms with Crippen LogP contribution in [0.3, 0.4) is 0 Å². The largest absolute Gasteiger partial charge is 0.490 e. The van der Waals surface area contributed by atoms with Gasteiger partial charge >= 0.3 is 0 Å². The summed E-state index contributed by atoms with van der Waals surface area (Å²) < 4.78 is 12.1. The molecule has 5 nitrogen and oxygen atoms in total. The number of nitrogens with zero attached hydrogens (tertiary/aromatic N) is 1. The lowest BCUT2D eigenvalue weighted by atomic mass is 10.0. The molecule has 0 spiro atoms. The molecular formula is C31H30ClNO4S. The Morgan fingerprint density at radius 2 is 1.76 bits per heavy atom. The quantitative estimate of drug-likeness (QED) is 0.172. The van der Waals surface area contributed by atoms with Gasteiger partial charge in [-0.15, -0.1) is 6.58 Å². The Balaban J connectivity index is 1.52. The molecule has 196 valence electrons. The summed E-state index contributed by atoms with van der Waals surface area (Å²) in [6.07, 6.45) is 5.62. The topological polar surface area (TPSA) is 55.8 Å². The first-order chi connectivity index (χ1) is 18.5. The van der Waals surface area contributed by atoms with Gasteiger partial charge in [0.2, 0.25) is 0 Å². The molecule has 1 saturated heterocycles. The van der Waals surface area contributed by atoms with E-state index >= 15 is 0 Å². The zero-order chi connectivity index (χ0) is 26.9. The van der Waals surface area contributed by atoms with Gasteiger partial charge < -0.3 is 9.47 Å². The summed E-state index contributed by atoms with van der Waals surface area (Å²) in [6.45, 7) is 6.98. The normalized spacial score (nSPS) is 14.3. The second kappa shape index (κ2) is 13.4. The average Bonchev–Trinajstić information content (AvgIpc) is 3.17. The van der Waals surface area contributed by atoms with Crippen LogP contribution in [0.2, 0.25) is 5.02 Å². The zero-order valence-corrected chi connectivity index (χ0v) is 22.9. The van der Waals surface area contributed by atoms with E-state index in [9.17, 15) is 9.59 Å². The summed E-state index contributed by atoms with van der Waals surface area (Å²) in [6, 6.07) is 21.3. The Labute approximate surface area is 233 Å². The van der Waals surface area contributed by atoms with Crippen molar-refractivity contribution in [2.75, 3.05) is 13.2 Å². The molecule has 3 aromatic carbocycles. The molecule has 0 saturated carbocycles. The Morgan fingerprint density at radius 3 is 2.47 bits per heavy atom. The highest BCUT2D eigenvalue weighted by Crippen LogP contribution is 2.38. The highest BCUT2D eigenvalue weighted by Gasteiger charge is 2.34. The Kier molecular flexibility index (Phi) is 9.68. The van der Waals surface area contributed by atoms with Crippen molar-refractivity contribution in [1.82, 2.24) is 4.90 Å². The third-order valence-electron chi connectivity index (χ3n) is 5.98. The number of carbonyl (C=O) groups is 2. The summed E-state index contributed by atoms with van der Waals surface area (Å²) >= 11 is 6.97. The van der Waals surface area contributed by atoms with Crippen molar-refractivity contribution in [3.8, 4) is 11.5 Å². The van der Waals surface area contributed by atoms with Gasteiger partial charge in [-0.25, -0.2) is 0 Å². The Morgan fingerprint density at radius 1 is 1.00 bits per heavy atom. The predicted octanol–water partition coefficient (Wildman–Crippen LogP) is 7.72. The number of aryl methyl sites for hydroxylation is 1. The van der Waals surface area contributed by atoms with Gasteiger partial charge in [-0.05, 0) is 85.0 Å². The standard InChI is InChI=1S/C31H30ClNO4S/c1-3-9-25-18-24(19-27(36-4-2)29(25)37-21-23-13-15-26(32)16-14-23)20-28-30(34)33(31(35)38-28)17-8-12-22-10-6-5-7-11-22/h3,5-7,10-11,13-16,18-20H,1,4,8-9,12,17,21H2,2H3/b28-20+. The number of benzene rings is 3. The fraction of sp³-hybridized carbons (Fsp3) is 0.226. The molecule has 3 aromatic rings. The number of ether oxygens (including phenoxy) is 2. The summed E-state index contributed by atoms with van der Waals surface area (Å²) in [5.74, 6) is 0.946. The molecule has 0 unspecified atom stereocenters. The highest BCUT2D eigenvalue weighted by molar-refractivity contribution is 8.18. The Bertz CT molecular complexity index is 1320. The number of imide groups is 1. The number of carbonyl (C=O) groups excluding carboxylic acids is 2. The van der Waals surface area contributed by atoms with E-state index < -0.39 is 0 Å². The van der Waals surface area contributed by atoms with Gasteiger partial charge in [-0.1, -0.05) is 60.1 Å². The van der Waals surface area contributed by atoms with Crippen LogP contribution in [0.25, 0.3) is 6.08 Å². The number of hydrogen-bond donors (Lipinski definition) is 0. The van der Waals surface area contributed by atoms with Crippen molar-refractivity contribution >= 4 is 40.6 Å². The molecule has 4 rings (SSSR count). The van der Waals surface area contributed by atoms with E-state index in [1.807, 2.05) is 73.7 Å². The average molecular weight is 548 g/mol. The summed E-state index contributed by atoms with van der Waals surface area (Å²) in [7, 11) is 0. The van der Waals surface area contributed by atoms with E-state index in [2.05, 4.69) is 6.58 Å². The minimum Gasteiger partial charge on any atom is -0.490 e. The maximum atomic E-state index is 13.1. The maximum absolute atomic E-state index is 13.1. The minimum atomic E-state index is -0.264. The molecule has 7 heteroatoms. The van der Waals surface area contributed by atoms with E-state index in [-0.39, 0.29) is 11.1 Å². The molecular weight excluding hydrogens is 518 g/mol. The first-order valence-electron chi connectivity index (χ1n) is 12.6. The third kappa shape index (κ3) is 7.09. The second-order valence-corrected chi connectivity index (χ2v) is 10.2. The number of hydrogen-bond acceptors (Lipinski definition) is 5. The molecule has 1 aliphatic heterocycles. The zero-order valence-electron chi connectivity index (χ0n) is 21.3. The fourth-order valence-electron chi connectivity index (χ4n) is 4.17. The Hall–Kier alpha value is -3.48. The molecule has 0 N–H and O–H groups in total. The molecule has 2 amide bonds. The van der Waals surface area contributed by atoms with E-state index in [0.717, 1.165) is 34.9 Å². The van der Waals surface area contributed by atoms with Crippen LogP contribution in [0, 0.1) is 0 Å². The summed E-state index contributed by atoms with van der Waals surface area (Å²) in [5, 5.41) is 0.426. The number of halogens is 1. The van der Waals surface area contributed by atoms with Gasteiger partial charge in [-0.2, -0.15) is 0 Å². The summed E-state index contributed by atoms with van der Waals surface area (Å²) in [4.78, 5) is 27.4. The third-order valence-corrected chi connectivity index (χ3v) is 7.14. The number of amides is 2. The van der Waals surface area contributed by atoms with Gasteiger partial charge in [0.1, 0.15) is 6.61 Å². The van der Waals surface area contributed by atoms with Crippen LogP contribution in [0.1, 0.15) is 35.6 Å². The molecule has 0 atom stereocenters. The predicted molar refractivity (Wildman–Crippen MR) is 155 cm³/mol. The SMILES string of the molecule is C=CCc1cc(/C=C2/SC(=O)N(CCCc3ccccc3)C2=O)cc(OCC)c1OCc1ccc(Cl)cc1. The van der Waals surface area contributed by atoms with E-state index in [0.29, 0.717) is 54.0 Å². The van der Waals surface area contributed by atoms with E-state index in [1.54, 1.807) is 12.2 Å². The van der Waals surface area contributed by atoms with Gasteiger partial charge in [0, 0.05) is 17.1 Å². The van der Waals surface area contributed by atoms with Crippen molar-refractivity contribution in [3.63, 3.8) is 0 Å². The van der Waals surface area contributed by atoms with Gasteiger partial charge in [-0.3, -0.25) is 14.5 Å². The van der Waals surface area contributed by atoms with Crippen LogP contribution < -0.4 is 9.47 Å². The van der Waals surface area contributed by atoms with E-state index in [4.69, 9.17) is 21.1 Å². The van der Waals surface area contributed by atoms with Gasteiger partial charge in [0.05, 0.1) is 11.5 Å². The van der Waals surface area contributed by atoms with E-state index in [1.165, 1.54) is 10.5 Å².